The van der Waals surface area contributed by atoms with Gasteiger partial charge in [0.15, 0.2) is 0 Å². The van der Waals surface area contributed by atoms with Crippen LogP contribution in [0.25, 0.3) is 21.5 Å². The second kappa shape index (κ2) is 19.3. The van der Waals surface area contributed by atoms with Crippen LogP contribution < -0.4 is 14.8 Å². The van der Waals surface area contributed by atoms with E-state index < -0.39 is 40.1 Å². The number of benzene rings is 7. The van der Waals surface area contributed by atoms with Crippen molar-refractivity contribution in [1.82, 2.24) is 0 Å². The second-order valence-electron chi connectivity index (χ2n) is 13.9. The van der Waals surface area contributed by atoms with Gasteiger partial charge in [0.25, 0.3) is 30.4 Å². The van der Waals surface area contributed by atoms with Crippen molar-refractivity contribution in [2.45, 2.75) is 28.5 Å². The molecule has 5 N–H and O–H groups in total. The van der Waals surface area contributed by atoms with Crippen LogP contribution in [-0.2, 0) is 30.4 Å². The van der Waals surface area contributed by atoms with Gasteiger partial charge in [-0.3, -0.25) is 13.7 Å². The number of anilines is 2. The highest BCUT2D eigenvalue weighted by Gasteiger charge is 2.22. The van der Waals surface area contributed by atoms with Gasteiger partial charge in [-0.1, -0.05) is 30.3 Å². The Hall–Kier alpha value is -7.21. The van der Waals surface area contributed by atoms with Gasteiger partial charge < -0.3 is 19.9 Å². The molecule has 0 saturated heterocycles. The summed E-state index contributed by atoms with van der Waals surface area (Å²) in [6, 6.07) is 29.5. The monoisotopic (exact) mass is 941 g/mol. The van der Waals surface area contributed by atoms with Crippen LogP contribution in [0, 0.1) is 13.8 Å². The Kier molecular flexibility index (Phi) is 14.0. The molecule has 0 fully saturated rings. The van der Waals surface area contributed by atoms with Crippen molar-refractivity contribution in [3.63, 3.8) is 0 Å². The number of hydrogen-bond acceptors (Lipinski definition) is 16. The molecule has 336 valence electrons. The number of rotatable bonds is 12. The highest BCUT2D eigenvalue weighted by atomic mass is 32.2. The summed E-state index contributed by atoms with van der Waals surface area (Å²) in [6.45, 7) is 3.57. The zero-order chi connectivity index (χ0) is 47.3. The summed E-state index contributed by atoms with van der Waals surface area (Å²) < 4.78 is 110. The highest BCUT2D eigenvalue weighted by Crippen LogP contribution is 2.40. The maximum Gasteiger partial charge on any atom is 0.295 e. The molecule has 19 nitrogen and oxygen atoms in total. The number of azo groups is 3. The largest absolute Gasteiger partial charge is 0.507 e. The van der Waals surface area contributed by atoms with Gasteiger partial charge in [-0.25, -0.2) is 0 Å². The summed E-state index contributed by atoms with van der Waals surface area (Å²) in [7, 11) is -9.41. The number of nitrogens with zero attached hydrogens (tertiary/aromatic N) is 6. The van der Waals surface area contributed by atoms with Crippen LogP contribution in [0.4, 0.5) is 39.8 Å². The molecule has 0 radical (unpaired) electrons. The van der Waals surface area contributed by atoms with Gasteiger partial charge in [0.1, 0.15) is 38.4 Å². The first kappa shape index (κ1) is 47.3. The number of nitrogens with one attached hydrogen (secondary N) is 1. The van der Waals surface area contributed by atoms with Crippen molar-refractivity contribution in [2.24, 2.45) is 30.7 Å². The number of methoxy groups -OCH3 is 2. The molecule has 0 saturated carbocycles. The maximum atomic E-state index is 12.1. The van der Waals surface area contributed by atoms with Crippen molar-refractivity contribution in [1.29, 1.82) is 0 Å². The van der Waals surface area contributed by atoms with E-state index in [0.29, 0.717) is 50.6 Å². The third-order valence-corrected chi connectivity index (χ3v) is 12.1. The average molecular weight is 942 g/mol. The van der Waals surface area contributed by atoms with Crippen molar-refractivity contribution in [3.8, 4) is 17.2 Å². The molecule has 0 amide bonds. The number of ether oxygens (including phenoxy) is 2. The molecule has 7 rings (SSSR count). The highest BCUT2D eigenvalue weighted by molar-refractivity contribution is 7.86. The quantitative estimate of drug-likeness (QED) is 0.0563. The third-order valence-electron chi connectivity index (χ3n) is 9.46. The first-order chi connectivity index (χ1) is 30.7. The summed E-state index contributed by atoms with van der Waals surface area (Å²) >= 11 is 0. The first-order valence-electron chi connectivity index (χ1n) is 18.8. The minimum atomic E-state index is -4.80. The van der Waals surface area contributed by atoms with Gasteiger partial charge >= 0.3 is 0 Å². The fourth-order valence-electron chi connectivity index (χ4n) is 6.39. The van der Waals surface area contributed by atoms with Crippen molar-refractivity contribution in [3.05, 3.63) is 126 Å². The van der Waals surface area contributed by atoms with Gasteiger partial charge in [0.05, 0.1) is 36.2 Å². The van der Waals surface area contributed by atoms with Gasteiger partial charge in [0, 0.05) is 52.8 Å². The van der Waals surface area contributed by atoms with Crippen LogP contribution in [0.2, 0.25) is 0 Å². The van der Waals surface area contributed by atoms with E-state index in [1.807, 2.05) is 37.3 Å². The summed E-state index contributed by atoms with van der Waals surface area (Å²) in [5, 5.41) is 38.5. The molecule has 0 atom stereocenters. The molecule has 22 heteroatoms. The molecular weight excluding hydrogens is 903 g/mol. The third kappa shape index (κ3) is 11.3. The Labute approximate surface area is 373 Å². The molecule has 65 heavy (non-hydrogen) atoms. The summed E-state index contributed by atoms with van der Waals surface area (Å²) in [5.41, 5.74) is 4.69. The number of aryl methyl sites for hydroxylation is 2. The lowest BCUT2D eigenvalue weighted by molar-refractivity contribution is 0.415. The van der Waals surface area contributed by atoms with Crippen molar-refractivity contribution >= 4 is 91.7 Å². The summed E-state index contributed by atoms with van der Waals surface area (Å²) in [4.78, 5) is -1.50. The molecule has 0 aliphatic rings. The Balaban J connectivity index is 0.000000265. The molecule has 7 aromatic rings. The van der Waals surface area contributed by atoms with E-state index in [1.54, 1.807) is 56.4 Å². The Bertz CT molecular complexity index is 3400. The lowest BCUT2D eigenvalue weighted by atomic mass is 10.1. The Morgan fingerprint density at radius 1 is 0.508 bits per heavy atom. The second-order valence-corrected chi connectivity index (χ2v) is 18.1. The average Bonchev–Trinajstić information content (AvgIpc) is 3.24. The summed E-state index contributed by atoms with van der Waals surface area (Å²) in [5.74, 6) is 0.574. The van der Waals surface area contributed by atoms with Crippen LogP contribution in [-0.4, -0.2) is 65.3 Å². The fourth-order valence-corrected chi connectivity index (χ4v) is 8.35. The molecule has 7 aromatic carbocycles. The van der Waals surface area contributed by atoms with Crippen molar-refractivity contribution < 1.29 is 53.5 Å². The molecule has 0 aliphatic heterocycles. The van der Waals surface area contributed by atoms with Crippen LogP contribution in [0.3, 0.4) is 0 Å². The number of phenolic OH excluding ortho intramolecular Hbond substituents is 1. The SMILES string of the molecule is CN=Nc1cc(C)c(N=Nc2cc(C)c(N=Nc3cc(S(=O)(=O)O)c4cccc(S(=O)(=O)O)c4c3)cc2OC)cc1OC.O=S(=O)(O)c1cc(O)c2ccc(Nc3ccccc3)cc2c1. The molecule has 0 heterocycles. The van der Waals surface area contributed by atoms with Gasteiger partial charge in [-0.15, -0.1) is 5.11 Å². The van der Waals surface area contributed by atoms with E-state index in [-0.39, 0.29) is 27.1 Å². The molecule has 0 aliphatic carbocycles. The van der Waals surface area contributed by atoms with E-state index in [0.717, 1.165) is 35.1 Å². The fraction of sp³-hybridized carbons (Fsp3) is 0.116. The number of hydrogen-bond donors (Lipinski definition) is 5. The standard InChI is InChI=1S/C27H26N6O8S2.C16H13NO4S/c1-15-9-22(30-28-3)24(40-4)14-21(15)32-33-23-10-16(2)20(13-25(23)41-5)31-29-17-11-19-18(27(12-17)43(37,38)39)7-6-8-26(19)42(34,35)36;18-16-10-14(22(19,20)21)9-11-8-13(6-7-15(11)16)17-12-4-2-1-3-5-12/h6-14H,1-5H3,(H,34,35,36)(H,37,38,39);1-10,17-18H,(H,19,20,21). The van der Waals surface area contributed by atoms with E-state index >= 15 is 0 Å². The van der Waals surface area contributed by atoms with E-state index in [1.165, 1.54) is 38.5 Å². The normalized spacial score (nSPS) is 12.2. The van der Waals surface area contributed by atoms with E-state index in [9.17, 15) is 39.5 Å². The number of para-hydroxylation sites is 1. The predicted octanol–water partition coefficient (Wildman–Crippen LogP) is 11.0. The first-order valence-corrected chi connectivity index (χ1v) is 23.1. The predicted molar refractivity (Wildman–Crippen MR) is 243 cm³/mol. The molecule has 0 spiro atoms. The minimum absolute atomic E-state index is 0.103. The lowest BCUT2D eigenvalue weighted by Crippen LogP contribution is -2.03. The number of phenols is 1. The maximum absolute atomic E-state index is 12.1. The number of aromatic hydroxyl groups is 1. The van der Waals surface area contributed by atoms with Gasteiger partial charge in [-0.05, 0) is 97.1 Å². The van der Waals surface area contributed by atoms with E-state index in [4.69, 9.17) is 14.0 Å². The van der Waals surface area contributed by atoms with Crippen LogP contribution in [0.15, 0.2) is 161 Å². The van der Waals surface area contributed by atoms with Crippen molar-refractivity contribution in [2.75, 3.05) is 26.6 Å². The van der Waals surface area contributed by atoms with Crippen LogP contribution >= 0.6 is 0 Å². The Morgan fingerprint density at radius 2 is 1.09 bits per heavy atom. The zero-order valence-electron chi connectivity index (χ0n) is 34.9. The van der Waals surface area contributed by atoms with Gasteiger partial charge in [0.2, 0.25) is 0 Å². The molecule has 0 unspecified atom stereocenters. The lowest BCUT2D eigenvalue weighted by Gasteiger charge is -2.10. The van der Waals surface area contributed by atoms with E-state index in [2.05, 4.69) is 36.0 Å². The zero-order valence-corrected chi connectivity index (χ0v) is 37.4. The van der Waals surface area contributed by atoms with Crippen LogP contribution in [0.5, 0.6) is 17.2 Å². The number of fused-ring (bicyclic) bond motifs is 2. The molecular formula is C43H39N7O12S3. The smallest absolute Gasteiger partial charge is 0.295 e. The summed E-state index contributed by atoms with van der Waals surface area (Å²) in [6.07, 6.45) is 0. The van der Waals surface area contributed by atoms with Crippen LogP contribution in [0.1, 0.15) is 11.1 Å². The Morgan fingerprint density at radius 3 is 1.66 bits per heavy atom. The molecule has 0 aromatic heterocycles. The minimum Gasteiger partial charge on any atom is -0.507 e. The molecule has 0 bridgehead atoms. The van der Waals surface area contributed by atoms with Gasteiger partial charge in [-0.2, -0.15) is 50.8 Å². The topological polar surface area (TPSA) is 288 Å².